The van der Waals surface area contributed by atoms with Gasteiger partial charge in [-0.15, -0.1) is 5.10 Å². The molecule has 3 aromatic rings. The van der Waals surface area contributed by atoms with E-state index in [1.807, 2.05) is 18.2 Å². The maximum atomic E-state index is 12.4. The van der Waals surface area contributed by atoms with E-state index in [2.05, 4.69) is 31.4 Å². The molecular weight excluding hydrogens is 440 g/mol. The number of halogens is 1. The Morgan fingerprint density at radius 2 is 1.97 bits per heavy atom. The van der Waals surface area contributed by atoms with Gasteiger partial charge in [0.15, 0.2) is 0 Å². The molecule has 4 rings (SSSR count). The number of carbonyl (C=O) groups is 2. The Balaban J connectivity index is 1.45. The summed E-state index contributed by atoms with van der Waals surface area (Å²) in [6.07, 6.45) is 0.256. The van der Waals surface area contributed by atoms with Crippen molar-refractivity contribution in [2.75, 3.05) is 23.9 Å². The fourth-order valence-corrected chi connectivity index (χ4v) is 3.61. The number of amides is 2. The van der Waals surface area contributed by atoms with E-state index in [0.717, 1.165) is 11.4 Å². The molecule has 1 unspecified atom stereocenters. The van der Waals surface area contributed by atoms with E-state index < -0.39 is 0 Å². The smallest absolute Gasteiger partial charge is 0.322 e. The van der Waals surface area contributed by atoms with Crippen LogP contribution in [0.3, 0.4) is 0 Å². The van der Waals surface area contributed by atoms with Gasteiger partial charge >= 0.3 is 6.01 Å². The van der Waals surface area contributed by atoms with Crippen LogP contribution in [-0.4, -0.2) is 35.7 Å². The average Bonchev–Trinajstić information content (AvgIpc) is 3.35. The highest BCUT2D eigenvalue weighted by Crippen LogP contribution is 2.32. The molecule has 1 atom stereocenters. The minimum Gasteiger partial charge on any atom is -0.497 e. The van der Waals surface area contributed by atoms with Crippen LogP contribution in [-0.2, 0) is 4.79 Å². The third kappa shape index (κ3) is 4.00. The Morgan fingerprint density at radius 3 is 2.69 bits per heavy atom. The maximum absolute atomic E-state index is 12.4. The minimum atomic E-state index is -0.366. The molecular formula is C20H17BrN4O4. The molecule has 29 heavy (non-hydrogen) atoms. The zero-order valence-corrected chi connectivity index (χ0v) is 17.0. The van der Waals surface area contributed by atoms with Crippen molar-refractivity contribution in [1.82, 2.24) is 10.2 Å². The predicted molar refractivity (Wildman–Crippen MR) is 109 cm³/mol. The lowest BCUT2D eigenvalue weighted by Crippen LogP contribution is -2.24. The summed E-state index contributed by atoms with van der Waals surface area (Å²) < 4.78 is 11.4. The van der Waals surface area contributed by atoms with E-state index in [1.165, 1.54) is 0 Å². The number of rotatable bonds is 5. The molecule has 0 bridgehead atoms. The Labute approximate surface area is 175 Å². The van der Waals surface area contributed by atoms with Crippen molar-refractivity contribution < 1.29 is 18.7 Å². The van der Waals surface area contributed by atoms with Gasteiger partial charge in [0.1, 0.15) is 5.75 Å². The first-order valence-electron chi connectivity index (χ1n) is 8.89. The molecule has 1 saturated heterocycles. The summed E-state index contributed by atoms with van der Waals surface area (Å²) in [5, 5.41) is 10.5. The van der Waals surface area contributed by atoms with Crippen LogP contribution in [0.1, 0.15) is 28.6 Å². The summed E-state index contributed by atoms with van der Waals surface area (Å²) in [7, 11) is 1.59. The van der Waals surface area contributed by atoms with E-state index in [4.69, 9.17) is 9.15 Å². The summed E-state index contributed by atoms with van der Waals surface area (Å²) in [6, 6.07) is 14.3. The van der Waals surface area contributed by atoms with E-state index in [0.29, 0.717) is 22.5 Å². The summed E-state index contributed by atoms with van der Waals surface area (Å²) >= 11 is 3.34. The second-order valence-corrected chi connectivity index (χ2v) is 7.34. The van der Waals surface area contributed by atoms with Gasteiger partial charge in [-0.2, -0.15) is 0 Å². The molecule has 148 valence electrons. The molecule has 0 saturated carbocycles. The molecule has 0 aliphatic carbocycles. The Bertz CT molecular complexity index is 1050. The Kier molecular flexibility index (Phi) is 5.30. The molecule has 1 aliphatic heterocycles. The first-order valence-corrected chi connectivity index (χ1v) is 9.68. The van der Waals surface area contributed by atoms with Crippen LogP contribution in [0.15, 0.2) is 57.4 Å². The standard InChI is InChI=1S/C20H17BrN4O4/c1-28-14-8-6-13(7-9-14)25-11-12(10-17(25)26)19-23-24-20(29-19)22-18(27)15-4-2-3-5-16(15)21/h2-9,12H,10-11H2,1H3,(H,22,24,27). The van der Waals surface area contributed by atoms with Crippen LogP contribution >= 0.6 is 15.9 Å². The molecule has 9 heteroatoms. The molecule has 1 N–H and O–H groups in total. The number of anilines is 2. The van der Waals surface area contributed by atoms with Gasteiger partial charge in [0, 0.05) is 23.1 Å². The molecule has 8 nitrogen and oxygen atoms in total. The molecule has 1 aliphatic rings. The van der Waals surface area contributed by atoms with Gasteiger partial charge in [0.25, 0.3) is 5.91 Å². The molecule has 0 spiro atoms. The predicted octanol–water partition coefficient (Wildman–Crippen LogP) is 3.61. The molecule has 1 fully saturated rings. The number of hydrogen-bond donors (Lipinski definition) is 1. The summed E-state index contributed by atoms with van der Waals surface area (Å²) in [5.41, 5.74) is 1.23. The Hall–Kier alpha value is -3.20. The minimum absolute atomic E-state index is 0.00361. The Morgan fingerprint density at radius 1 is 1.21 bits per heavy atom. The normalized spacial score (nSPS) is 16.1. The van der Waals surface area contributed by atoms with Gasteiger partial charge in [-0.1, -0.05) is 17.2 Å². The molecule has 2 amide bonds. The van der Waals surface area contributed by atoms with Gasteiger partial charge in [-0.05, 0) is 52.3 Å². The topological polar surface area (TPSA) is 97.6 Å². The SMILES string of the molecule is COc1ccc(N2CC(c3nnc(NC(=O)c4ccccc4Br)o3)CC2=O)cc1. The van der Waals surface area contributed by atoms with Crippen LogP contribution in [0.4, 0.5) is 11.7 Å². The summed E-state index contributed by atoms with van der Waals surface area (Å²) in [4.78, 5) is 26.5. The lowest BCUT2D eigenvalue weighted by Gasteiger charge is -2.16. The van der Waals surface area contributed by atoms with Crippen molar-refractivity contribution in [1.29, 1.82) is 0 Å². The van der Waals surface area contributed by atoms with Crippen molar-refractivity contribution in [3.05, 3.63) is 64.5 Å². The number of methoxy groups -OCH3 is 1. The number of aromatic nitrogens is 2. The maximum Gasteiger partial charge on any atom is 0.322 e. The first-order chi connectivity index (χ1) is 14.0. The van der Waals surface area contributed by atoms with Crippen molar-refractivity contribution in [2.45, 2.75) is 12.3 Å². The van der Waals surface area contributed by atoms with Crippen LogP contribution in [0.5, 0.6) is 5.75 Å². The number of carbonyl (C=O) groups excluding carboxylic acids is 2. The zero-order valence-electron chi connectivity index (χ0n) is 15.5. The number of hydrogen-bond acceptors (Lipinski definition) is 6. The van der Waals surface area contributed by atoms with Crippen molar-refractivity contribution in [2.24, 2.45) is 0 Å². The van der Waals surface area contributed by atoms with Gasteiger partial charge in [-0.3, -0.25) is 14.9 Å². The lowest BCUT2D eigenvalue weighted by atomic mass is 10.1. The van der Waals surface area contributed by atoms with E-state index >= 15 is 0 Å². The second-order valence-electron chi connectivity index (χ2n) is 6.48. The highest BCUT2D eigenvalue weighted by Gasteiger charge is 2.35. The van der Waals surface area contributed by atoms with Crippen LogP contribution in [0.2, 0.25) is 0 Å². The first kappa shape index (κ1) is 19.1. The summed E-state index contributed by atoms with van der Waals surface area (Å²) in [5.74, 6) is 0.398. The molecule has 0 radical (unpaired) electrons. The van der Waals surface area contributed by atoms with Crippen LogP contribution in [0.25, 0.3) is 0 Å². The van der Waals surface area contributed by atoms with E-state index in [9.17, 15) is 9.59 Å². The fourth-order valence-electron chi connectivity index (χ4n) is 3.14. The quantitative estimate of drug-likeness (QED) is 0.629. The lowest BCUT2D eigenvalue weighted by molar-refractivity contribution is -0.117. The summed E-state index contributed by atoms with van der Waals surface area (Å²) in [6.45, 7) is 0.422. The van der Waals surface area contributed by atoms with E-state index in [-0.39, 0.29) is 30.2 Å². The van der Waals surface area contributed by atoms with E-state index in [1.54, 1.807) is 42.3 Å². The monoisotopic (exact) mass is 456 g/mol. The average molecular weight is 457 g/mol. The number of nitrogens with zero attached hydrogens (tertiary/aromatic N) is 3. The highest BCUT2D eigenvalue weighted by molar-refractivity contribution is 9.10. The number of nitrogens with one attached hydrogen (secondary N) is 1. The largest absolute Gasteiger partial charge is 0.497 e. The van der Waals surface area contributed by atoms with Gasteiger partial charge < -0.3 is 14.1 Å². The van der Waals surface area contributed by atoms with Crippen molar-refractivity contribution in [3.63, 3.8) is 0 Å². The number of benzene rings is 2. The highest BCUT2D eigenvalue weighted by atomic mass is 79.9. The van der Waals surface area contributed by atoms with Gasteiger partial charge in [0.2, 0.25) is 11.8 Å². The third-order valence-corrected chi connectivity index (χ3v) is 5.33. The second kappa shape index (κ2) is 8.04. The fraction of sp³-hybridized carbons (Fsp3) is 0.200. The number of ether oxygens (including phenoxy) is 1. The van der Waals surface area contributed by atoms with Crippen LogP contribution in [0, 0.1) is 0 Å². The van der Waals surface area contributed by atoms with Crippen LogP contribution < -0.4 is 15.0 Å². The van der Waals surface area contributed by atoms with Crippen molar-refractivity contribution >= 4 is 39.4 Å². The van der Waals surface area contributed by atoms with Gasteiger partial charge in [-0.25, -0.2) is 0 Å². The zero-order chi connectivity index (χ0) is 20.4. The third-order valence-electron chi connectivity index (χ3n) is 4.64. The molecule has 1 aromatic heterocycles. The van der Waals surface area contributed by atoms with Crippen molar-refractivity contribution in [3.8, 4) is 5.75 Å². The molecule has 2 aromatic carbocycles. The molecule has 2 heterocycles. The van der Waals surface area contributed by atoms with Gasteiger partial charge in [0.05, 0.1) is 18.6 Å².